The smallest absolute Gasteiger partial charge is 0.274 e. The van der Waals surface area contributed by atoms with Crippen LogP contribution in [0.15, 0.2) is 34.9 Å². The van der Waals surface area contributed by atoms with E-state index in [2.05, 4.69) is 10.2 Å². The van der Waals surface area contributed by atoms with Gasteiger partial charge in [-0.25, -0.2) is 0 Å². The fourth-order valence-corrected chi connectivity index (χ4v) is 1.43. The van der Waals surface area contributed by atoms with E-state index in [4.69, 9.17) is 16.0 Å². The molecule has 0 radical (unpaired) electrons. The Labute approximate surface area is 103 Å². The average Bonchev–Trinajstić information content (AvgIpc) is 2.82. The molecule has 5 nitrogen and oxygen atoms in total. The molecule has 0 unspecified atom stereocenters. The minimum absolute atomic E-state index is 0.231. The molecule has 1 amide bonds. The Bertz CT molecular complexity index is 496. The number of rotatable bonds is 3. The van der Waals surface area contributed by atoms with E-state index in [-0.39, 0.29) is 16.8 Å². The van der Waals surface area contributed by atoms with Crippen LogP contribution in [0.3, 0.4) is 0 Å². The summed E-state index contributed by atoms with van der Waals surface area (Å²) in [6, 6.07) is 6.64. The number of hydrogen-bond donors (Lipinski definition) is 0. The third kappa shape index (κ3) is 2.82. The molecule has 0 saturated carbocycles. The largest absolute Gasteiger partial charge is 0.467 e. The van der Waals surface area contributed by atoms with E-state index >= 15 is 0 Å². The highest BCUT2D eigenvalue weighted by atomic mass is 35.5. The molecule has 0 aliphatic carbocycles. The Morgan fingerprint density at radius 3 is 2.82 bits per heavy atom. The van der Waals surface area contributed by atoms with E-state index in [0.717, 1.165) is 0 Å². The van der Waals surface area contributed by atoms with Crippen molar-refractivity contribution < 1.29 is 9.21 Å². The van der Waals surface area contributed by atoms with Crippen LogP contribution in [0.4, 0.5) is 0 Å². The lowest BCUT2D eigenvalue weighted by Gasteiger charge is -2.14. The van der Waals surface area contributed by atoms with E-state index in [0.29, 0.717) is 12.3 Å². The lowest BCUT2D eigenvalue weighted by Crippen LogP contribution is -2.27. The molecule has 0 aliphatic rings. The van der Waals surface area contributed by atoms with Crippen LogP contribution in [-0.2, 0) is 6.54 Å². The summed E-state index contributed by atoms with van der Waals surface area (Å²) in [5, 5.41) is 7.61. The Morgan fingerprint density at radius 1 is 1.41 bits per heavy atom. The van der Waals surface area contributed by atoms with E-state index < -0.39 is 0 Å². The molecule has 0 fully saturated rings. The summed E-state index contributed by atoms with van der Waals surface area (Å²) in [6.45, 7) is 0.385. The predicted octanol–water partition coefficient (Wildman–Crippen LogP) is 2.00. The Morgan fingerprint density at radius 2 is 2.24 bits per heavy atom. The molecule has 2 rings (SSSR count). The number of furan rings is 1. The van der Waals surface area contributed by atoms with Gasteiger partial charge >= 0.3 is 0 Å². The van der Waals surface area contributed by atoms with Gasteiger partial charge in [0.25, 0.3) is 5.91 Å². The molecule has 0 atom stereocenters. The average molecular weight is 252 g/mol. The van der Waals surface area contributed by atoms with Crippen LogP contribution >= 0.6 is 11.6 Å². The van der Waals surface area contributed by atoms with Gasteiger partial charge in [-0.05, 0) is 24.3 Å². The first-order valence-electron chi connectivity index (χ1n) is 4.94. The first-order valence-corrected chi connectivity index (χ1v) is 5.31. The zero-order chi connectivity index (χ0) is 12.3. The van der Waals surface area contributed by atoms with Crippen molar-refractivity contribution in [3.8, 4) is 0 Å². The van der Waals surface area contributed by atoms with Gasteiger partial charge in [0.1, 0.15) is 5.76 Å². The molecule has 0 aromatic carbocycles. The maximum absolute atomic E-state index is 11.9. The topological polar surface area (TPSA) is 59.2 Å². The number of nitrogens with zero attached hydrogens (tertiary/aromatic N) is 3. The molecular formula is C11H10ClN3O2. The monoisotopic (exact) mass is 251 g/mol. The van der Waals surface area contributed by atoms with Gasteiger partial charge in [0.05, 0.1) is 12.8 Å². The van der Waals surface area contributed by atoms with Gasteiger partial charge in [-0.2, -0.15) is 0 Å². The number of halogens is 1. The quantitative estimate of drug-likeness (QED) is 0.837. The van der Waals surface area contributed by atoms with Crippen molar-refractivity contribution in [2.45, 2.75) is 6.54 Å². The van der Waals surface area contributed by atoms with E-state index in [1.54, 1.807) is 25.4 Å². The summed E-state index contributed by atoms with van der Waals surface area (Å²) < 4.78 is 5.16. The summed E-state index contributed by atoms with van der Waals surface area (Å²) in [7, 11) is 1.67. The van der Waals surface area contributed by atoms with Crippen LogP contribution in [0.5, 0.6) is 0 Å². The highest BCUT2D eigenvalue weighted by Gasteiger charge is 2.14. The SMILES string of the molecule is CN(Cc1ccco1)C(=O)c1ccc(Cl)nn1. The summed E-state index contributed by atoms with van der Waals surface area (Å²) in [6.07, 6.45) is 1.57. The fourth-order valence-electron chi connectivity index (χ4n) is 1.33. The molecule has 2 heterocycles. The van der Waals surface area contributed by atoms with Crippen LogP contribution < -0.4 is 0 Å². The van der Waals surface area contributed by atoms with Gasteiger partial charge in [0.2, 0.25) is 0 Å². The van der Waals surface area contributed by atoms with Crippen molar-refractivity contribution in [2.24, 2.45) is 0 Å². The van der Waals surface area contributed by atoms with Crippen molar-refractivity contribution >= 4 is 17.5 Å². The number of amides is 1. The number of hydrogen-bond acceptors (Lipinski definition) is 4. The fraction of sp³-hybridized carbons (Fsp3) is 0.182. The molecule has 6 heteroatoms. The molecule has 0 spiro atoms. The molecule has 17 heavy (non-hydrogen) atoms. The normalized spacial score (nSPS) is 10.2. The number of aromatic nitrogens is 2. The molecular weight excluding hydrogens is 242 g/mol. The Balaban J connectivity index is 2.07. The molecule has 0 bridgehead atoms. The first kappa shape index (κ1) is 11.6. The van der Waals surface area contributed by atoms with Crippen molar-refractivity contribution in [2.75, 3.05) is 7.05 Å². The summed E-state index contributed by atoms with van der Waals surface area (Å²) in [5.74, 6) is 0.480. The second-order valence-electron chi connectivity index (χ2n) is 3.48. The van der Waals surface area contributed by atoms with Gasteiger partial charge in [0, 0.05) is 7.05 Å². The maximum atomic E-state index is 11.9. The van der Waals surface area contributed by atoms with Crippen molar-refractivity contribution in [1.29, 1.82) is 0 Å². The molecule has 0 N–H and O–H groups in total. The second-order valence-corrected chi connectivity index (χ2v) is 3.87. The van der Waals surface area contributed by atoms with Crippen LogP contribution in [0.1, 0.15) is 16.2 Å². The molecule has 88 valence electrons. The second kappa shape index (κ2) is 4.97. The van der Waals surface area contributed by atoms with Crippen molar-refractivity contribution in [3.05, 3.63) is 47.1 Å². The highest BCUT2D eigenvalue weighted by molar-refractivity contribution is 6.29. The van der Waals surface area contributed by atoms with Crippen LogP contribution in [0.2, 0.25) is 5.15 Å². The highest BCUT2D eigenvalue weighted by Crippen LogP contribution is 2.08. The molecule has 0 aliphatic heterocycles. The first-order chi connectivity index (χ1) is 8.16. The van der Waals surface area contributed by atoms with Gasteiger partial charge in [-0.3, -0.25) is 4.79 Å². The number of carbonyl (C=O) groups excluding carboxylic acids is 1. The minimum atomic E-state index is -0.231. The minimum Gasteiger partial charge on any atom is -0.467 e. The van der Waals surface area contributed by atoms with E-state index in [9.17, 15) is 4.79 Å². The van der Waals surface area contributed by atoms with Crippen molar-refractivity contribution in [1.82, 2.24) is 15.1 Å². The van der Waals surface area contributed by atoms with Gasteiger partial charge in [-0.1, -0.05) is 11.6 Å². The van der Waals surface area contributed by atoms with Crippen LogP contribution in [-0.4, -0.2) is 28.1 Å². The summed E-state index contributed by atoms with van der Waals surface area (Å²) >= 11 is 5.60. The lowest BCUT2D eigenvalue weighted by atomic mass is 10.3. The zero-order valence-electron chi connectivity index (χ0n) is 9.13. The Hall–Kier alpha value is -1.88. The molecule has 0 saturated heterocycles. The summed E-state index contributed by atoms with van der Waals surface area (Å²) in [5.41, 5.74) is 0.253. The standard InChI is InChI=1S/C11H10ClN3O2/c1-15(7-8-3-2-6-17-8)11(16)9-4-5-10(12)14-13-9/h2-6H,7H2,1H3. The van der Waals surface area contributed by atoms with E-state index in [1.165, 1.54) is 17.0 Å². The van der Waals surface area contributed by atoms with Crippen LogP contribution in [0, 0.1) is 0 Å². The summed E-state index contributed by atoms with van der Waals surface area (Å²) in [4.78, 5) is 13.4. The maximum Gasteiger partial charge on any atom is 0.274 e. The third-order valence-corrected chi connectivity index (χ3v) is 2.37. The van der Waals surface area contributed by atoms with Crippen molar-refractivity contribution in [3.63, 3.8) is 0 Å². The van der Waals surface area contributed by atoms with E-state index in [1.807, 2.05) is 0 Å². The van der Waals surface area contributed by atoms with Gasteiger partial charge < -0.3 is 9.32 Å². The molecule has 2 aromatic rings. The van der Waals surface area contributed by atoms with Gasteiger partial charge in [0.15, 0.2) is 10.8 Å². The zero-order valence-corrected chi connectivity index (χ0v) is 9.89. The predicted molar refractivity (Wildman–Crippen MR) is 61.5 cm³/mol. The Kier molecular flexibility index (Phi) is 3.39. The molecule has 2 aromatic heterocycles. The van der Waals surface area contributed by atoms with Gasteiger partial charge in [-0.15, -0.1) is 10.2 Å². The third-order valence-electron chi connectivity index (χ3n) is 2.17. The number of carbonyl (C=O) groups is 1. The van der Waals surface area contributed by atoms with Crippen LogP contribution in [0.25, 0.3) is 0 Å². The lowest BCUT2D eigenvalue weighted by molar-refractivity contribution is 0.0768.